The maximum Gasteiger partial charge on any atom is 0.253 e. The molecular formula is C5H7ClN2OS. The number of thiocarbonyl (C=S) groups is 1. The summed E-state index contributed by atoms with van der Waals surface area (Å²) in [7, 11) is 0. The van der Waals surface area contributed by atoms with Crippen LogP contribution in [0.4, 0.5) is 0 Å². The fourth-order valence-electron chi connectivity index (χ4n) is 0.260. The van der Waals surface area contributed by atoms with E-state index in [1.54, 1.807) is 6.92 Å². The molecule has 0 rings (SSSR count). The quantitative estimate of drug-likeness (QED) is 0.454. The number of nitrogens with two attached hydrogens (primary N) is 1. The molecule has 0 atom stereocenters. The third kappa shape index (κ3) is 3.42. The van der Waals surface area contributed by atoms with E-state index in [0.29, 0.717) is 5.57 Å². The Morgan fingerprint density at radius 2 is 2.30 bits per heavy atom. The maximum absolute atomic E-state index is 10.8. The number of carbonyl (C=O) groups is 1. The molecule has 0 saturated heterocycles. The van der Waals surface area contributed by atoms with E-state index in [0.717, 1.165) is 5.54 Å². The summed E-state index contributed by atoms with van der Waals surface area (Å²) < 4.78 is 0. The highest BCUT2D eigenvalue weighted by Gasteiger charge is 2.02. The van der Waals surface area contributed by atoms with Crippen LogP contribution < -0.4 is 11.1 Å². The smallest absolute Gasteiger partial charge is 0.253 e. The van der Waals surface area contributed by atoms with Crippen molar-refractivity contribution in [1.82, 2.24) is 5.32 Å². The molecule has 0 aliphatic heterocycles. The molecule has 5 heteroatoms. The third-order valence-corrected chi connectivity index (χ3v) is 1.19. The van der Waals surface area contributed by atoms with Gasteiger partial charge >= 0.3 is 0 Å². The first-order valence-electron chi connectivity index (χ1n) is 2.45. The lowest BCUT2D eigenvalue weighted by Gasteiger charge is -1.99. The van der Waals surface area contributed by atoms with Crippen LogP contribution in [0.1, 0.15) is 6.92 Å². The monoisotopic (exact) mass is 178 g/mol. The molecule has 0 aromatic heterocycles. The van der Waals surface area contributed by atoms with Gasteiger partial charge in [-0.15, -0.1) is 0 Å². The van der Waals surface area contributed by atoms with Gasteiger partial charge in [0.15, 0.2) is 5.11 Å². The van der Waals surface area contributed by atoms with Crippen LogP contribution in [0, 0.1) is 0 Å². The minimum Gasteiger partial charge on any atom is -0.376 e. The van der Waals surface area contributed by atoms with E-state index in [1.807, 2.05) is 0 Å². The van der Waals surface area contributed by atoms with Gasteiger partial charge in [0, 0.05) is 11.1 Å². The maximum atomic E-state index is 10.8. The fraction of sp³-hybridized carbons (Fsp3) is 0.200. The average Bonchev–Trinajstić information content (AvgIpc) is 1.85. The third-order valence-electron chi connectivity index (χ3n) is 0.759. The molecule has 10 heavy (non-hydrogen) atoms. The number of nitrogens with one attached hydrogen (secondary N) is 1. The van der Waals surface area contributed by atoms with Crippen LogP contribution in [0.2, 0.25) is 0 Å². The highest BCUT2D eigenvalue weighted by molar-refractivity contribution is 7.80. The van der Waals surface area contributed by atoms with Crippen LogP contribution >= 0.6 is 23.8 Å². The molecule has 3 N–H and O–H groups in total. The number of hydrogen-bond donors (Lipinski definition) is 2. The van der Waals surface area contributed by atoms with E-state index in [4.69, 9.17) is 17.3 Å². The zero-order valence-corrected chi connectivity index (χ0v) is 6.92. The first kappa shape index (κ1) is 9.39. The van der Waals surface area contributed by atoms with E-state index in [2.05, 4.69) is 17.5 Å². The molecule has 0 bridgehead atoms. The SMILES string of the molecule is C/C(=C\Cl)C(=O)NC(N)=S. The van der Waals surface area contributed by atoms with Crippen LogP contribution in [0.5, 0.6) is 0 Å². The Labute approximate surface area is 69.2 Å². The van der Waals surface area contributed by atoms with E-state index >= 15 is 0 Å². The summed E-state index contributed by atoms with van der Waals surface area (Å²) in [4.78, 5) is 10.8. The summed E-state index contributed by atoms with van der Waals surface area (Å²) in [6.45, 7) is 1.56. The van der Waals surface area contributed by atoms with Crippen molar-refractivity contribution in [1.29, 1.82) is 0 Å². The van der Waals surface area contributed by atoms with Crippen molar-refractivity contribution in [3.05, 3.63) is 11.1 Å². The van der Waals surface area contributed by atoms with Crippen molar-refractivity contribution in [2.24, 2.45) is 5.73 Å². The topological polar surface area (TPSA) is 55.1 Å². The summed E-state index contributed by atoms with van der Waals surface area (Å²) >= 11 is 9.64. The number of amides is 1. The highest BCUT2D eigenvalue weighted by Crippen LogP contribution is 1.93. The normalized spacial score (nSPS) is 10.8. The predicted octanol–water partition coefficient (Wildman–Crippen LogP) is 0.489. The molecule has 0 heterocycles. The molecule has 0 fully saturated rings. The molecule has 0 aliphatic carbocycles. The van der Waals surface area contributed by atoms with Gasteiger partial charge in [-0.25, -0.2) is 0 Å². The molecule has 0 aliphatic rings. The molecule has 1 amide bonds. The van der Waals surface area contributed by atoms with Gasteiger partial charge in [0.25, 0.3) is 5.91 Å². The van der Waals surface area contributed by atoms with Crippen LogP contribution in [-0.4, -0.2) is 11.0 Å². The van der Waals surface area contributed by atoms with Gasteiger partial charge in [-0.3, -0.25) is 10.1 Å². The molecule has 0 spiro atoms. The molecule has 3 nitrogen and oxygen atoms in total. The minimum atomic E-state index is -0.373. The van der Waals surface area contributed by atoms with Crippen LogP contribution in [0.3, 0.4) is 0 Å². The Hall–Kier alpha value is -0.610. The molecule has 0 saturated carbocycles. The highest BCUT2D eigenvalue weighted by atomic mass is 35.5. The van der Waals surface area contributed by atoms with Crippen LogP contribution in [0.15, 0.2) is 11.1 Å². The second-order valence-corrected chi connectivity index (χ2v) is 2.27. The van der Waals surface area contributed by atoms with Gasteiger partial charge < -0.3 is 5.73 Å². The lowest BCUT2D eigenvalue weighted by Crippen LogP contribution is -2.35. The summed E-state index contributed by atoms with van der Waals surface area (Å²) in [5.74, 6) is -0.373. The first-order valence-corrected chi connectivity index (χ1v) is 3.30. The van der Waals surface area contributed by atoms with Gasteiger partial charge in [-0.05, 0) is 19.1 Å². The zero-order valence-electron chi connectivity index (χ0n) is 5.35. The standard InChI is InChI=1S/C5H7ClN2OS/c1-3(2-6)4(9)8-5(7)10/h2H,1H3,(H3,7,8,9,10)/b3-2+. The molecule has 0 radical (unpaired) electrons. The Bertz CT molecular complexity index is 190. The molecule has 0 unspecified atom stereocenters. The molecule has 56 valence electrons. The summed E-state index contributed by atoms with van der Waals surface area (Å²) in [5, 5.41) is 2.16. The van der Waals surface area contributed by atoms with Crippen molar-refractivity contribution >= 4 is 34.8 Å². The van der Waals surface area contributed by atoms with Gasteiger partial charge in [0.05, 0.1) is 0 Å². The van der Waals surface area contributed by atoms with Gasteiger partial charge in [0.2, 0.25) is 0 Å². The number of carbonyl (C=O) groups excluding carboxylic acids is 1. The summed E-state index contributed by atoms with van der Waals surface area (Å²) in [5.41, 5.74) is 6.55. The van der Waals surface area contributed by atoms with Crippen molar-refractivity contribution < 1.29 is 4.79 Å². The van der Waals surface area contributed by atoms with Gasteiger partial charge in [-0.1, -0.05) is 11.6 Å². The first-order chi connectivity index (χ1) is 4.57. The lowest BCUT2D eigenvalue weighted by atomic mass is 10.3. The molecular weight excluding hydrogens is 172 g/mol. The fourth-order valence-corrected chi connectivity index (χ4v) is 0.452. The second kappa shape index (κ2) is 4.24. The Morgan fingerprint density at radius 1 is 1.80 bits per heavy atom. The largest absolute Gasteiger partial charge is 0.376 e. The van der Waals surface area contributed by atoms with Crippen molar-refractivity contribution in [2.75, 3.05) is 0 Å². The van der Waals surface area contributed by atoms with E-state index in [9.17, 15) is 4.79 Å². The summed E-state index contributed by atoms with van der Waals surface area (Å²) in [6.07, 6.45) is 0. The van der Waals surface area contributed by atoms with Crippen LogP contribution in [0.25, 0.3) is 0 Å². The van der Waals surface area contributed by atoms with Crippen molar-refractivity contribution in [3.8, 4) is 0 Å². The van der Waals surface area contributed by atoms with E-state index in [-0.39, 0.29) is 11.0 Å². The Balaban J connectivity index is 3.99. The second-order valence-electron chi connectivity index (χ2n) is 1.61. The minimum absolute atomic E-state index is 0.0529. The summed E-state index contributed by atoms with van der Waals surface area (Å²) in [6, 6.07) is 0. The average molecular weight is 179 g/mol. The van der Waals surface area contributed by atoms with Gasteiger partial charge in [-0.2, -0.15) is 0 Å². The number of hydrogen-bond acceptors (Lipinski definition) is 2. The number of halogens is 1. The van der Waals surface area contributed by atoms with Gasteiger partial charge in [0.1, 0.15) is 0 Å². The van der Waals surface area contributed by atoms with Crippen LogP contribution in [-0.2, 0) is 4.79 Å². The van der Waals surface area contributed by atoms with Crippen molar-refractivity contribution in [2.45, 2.75) is 6.92 Å². The van der Waals surface area contributed by atoms with E-state index in [1.165, 1.54) is 0 Å². The van der Waals surface area contributed by atoms with Crippen molar-refractivity contribution in [3.63, 3.8) is 0 Å². The zero-order chi connectivity index (χ0) is 8.15. The Morgan fingerprint density at radius 3 is 2.60 bits per heavy atom. The predicted molar refractivity (Wildman–Crippen MR) is 44.5 cm³/mol. The molecule has 0 aromatic rings. The lowest BCUT2D eigenvalue weighted by molar-refractivity contribution is -0.116. The molecule has 0 aromatic carbocycles. The van der Waals surface area contributed by atoms with E-state index < -0.39 is 0 Å². The number of rotatable bonds is 1. The Kier molecular flexibility index (Phi) is 3.99.